The maximum atomic E-state index is 11.7. The van der Waals surface area contributed by atoms with Crippen LogP contribution in [0.15, 0.2) is 18.2 Å². The molecule has 0 aliphatic heterocycles. The van der Waals surface area contributed by atoms with E-state index in [2.05, 4.69) is 4.85 Å². The second kappa shape index (κ2) is 5.46. The van der Waals surface area contributed by atoms with Crippen molar-refractivity contribution in [2.75, 3.05) is 0 Å². The Bertz CT molecular complexity index is 427. The van der Waals surface area contributed by atoms with Gasteiger partial charge in [0.15, 0.2) is 5.69 Å². The number of rotatable bonds is 4. The molecular formula is C14H17NO. The molecule has 0 heterocycles. The Balaban J connectivity index is 2.84. The molecule has 0 saturated carbocycles. The van der Waals surface area contributed by atoms with Crippen molar-refractivity contribution in [1.82, 2.24) is 0 Å². The molecule has 0 aliphatic carbocycles. The van der Waals surface area contributed by atoms with Crippen LogP contribution in [0.5, 0.6) is 0 Å². The highest BCUT2D eigenvalue weighted by Crippen LogP contribution is 2.22. The van der Waals surface area contributed by atoms with Crippen molar-refractivity contribution in [2.24, 2.45) is 5.92 Å². The standard InChI is InChI=1S/C14H17NO/c1-10(2)7-13(16)9-12-8-11(3)5-6-14(12)15-4/h5-6,8,10H,7,9H2,1-3H3. The topological polar surface area (TPSA) is 21.4 Å². The van der Waals surface area contributed by atoms with Crippen molar-refractivity contribution in [1.29, 1.82) is 0 Å². The molecule has 0 aliphatic rings. The number of nitrogens with zero attached hydrogens (tertiary/aromatic N) is 1. The molecule has 16 heavy (non-hydrogen) atoms. The Morgan fingerprint density at radius 2 is 2.12 bits per heavy atom. The zero-order valence-electron chi connectivity index (χ0n) is 10.1. The van der Waals surface area contributed by atoms with Crippen LogP contribution in [0.25, 0.3) is 4.85 Å². The van der Waals surface area contributed by atoms with E-state index in [4.69, 9.17) is 6.57 Å². The van der Waals surface area contributed by atoms with Crippen molar-refractivity contribution in [2.45, 2.75) is 33.6 Å². The van der Waals surface area contributed by atoms with E-state index in [9.17, 15) is 4.79 Å². The maximum absolute atomic E-state index is 11.7. The Morgan fingerprint density at radius 3 is 2.69 bits per heavy atom. The summed E-state index contributed by atoms with van der Waals surface area (Å²) in [5.74, 6) is 0.596. The lowest BCUT2D eigenvalue weighted by molar-refractivity contribution is -0.119. The van der Waals surface area contributed by atoms with Crippen molar-refractivity contribution in [3.8, 4) is 0 Å². The quantitative estimate of drug-likeness (QED) is 0.702. The lowest BCUT2D eigenvalue weighted by atomic mass is 9.99. The summed E-state index contributed by atoms with van der Waals surface area (Å²) in [4.78, 5) is 15.1. The summed E-state index contributed by atoms with van der Waals surface area (Å²) in [7, 11) is 0. The fourth-order valence-corrected chi connectivity index (χ4v) is 1.70. The number of carbonyl (C=O) groups is 1. The highest BCUT2D eigenvalue weighted by atomic mass is 16.1. The lowest BCUT2D eigenvalue weighted by Gasteiger charge is -2.06. The van der Waals surface area contributed by atoms with Gasteiger partial charge in [0.25, 0.3) is 0 Å². The summed E-state index contributed by atoms with van der Waals surface area (Å²) in [5, 5.41) is 0. The first-order valence-corrected chi connectivity index (χ1v) is 5.51. The van der Waals surface area contributed by atoms with Crippen LogP contribution in [0, 0.1) is 19.4 Å². The van der Waals surface area contributed by atoms with E-state index >= 15 is 0 Å². The lowest BCUT2D eigenvalue weighted by Crippen LogP contribution is -2.06. The van der Waals surface area contributed by atoms with E-state index in [-0.39, 0.29) is 5.78 Å². The summed E-state index contributed by atoms with van der Waals surface area (Å²) in [6.07, 6.45) is 0.975. The van der Waals surface area contributed by atoms with Crippen LogP contribution < -0.4 is 0 Å². The van der Waals surface area contributed by atoms with Gasteiger partial charge in [-0.25, -0.2) is 4.85 Å². The second-order valence-corrected chi connectivity index (χ2v) is 4.56. The van der Waals surface area contributed by atoms with Crippen LogP contribution in [0.3, 0.4) is 0 Å². The summed E-state index contributed by atoms with van der Waals surface area (Å²) in [6, 6.07) is 5.63. The third-order valence-corrected chi connectivity index (χ3v) is 2.38. The van der Waals surface area contributed by atoms with Crippen molar-refractivity contribution >= 4 is 11.5 Å². The number of aryl methyl sites for hydroxylation is 1. The first-order chi connectivity index (χ1) is 7.52. The maximum Gasteiger partial charge on any atom is 0.190 e. The molecule has 0 saturated heterocycles. The first kappa shape index (κ1) is 12.4. The molecule has 0 fully saturated rings. The van der Waals surface area contributed by atoms with Crippen LogP contribution in [0.2, 0.25) is 0 Å². The van der Waals surface area contributed by atoms with Crippen molar-refractivity contribution < 1.29 is 4.79 Å². The fraction of sp³-hybridized carbons (Fsp3) is 0.429. The largest absolute Gasteiger partial charge is 0.299 e. The molecule has 0 aromatic heterocycles. The minimum atomic E-state index is 0.213. The van der Waals surface area contributed by atoms with Crippen LogP contribution in [-0.4, -0.2) is 5.78 Å². The Hall–Kier alpha value is -1.62. The zero-order valence-corrected chi connectivity index (χ0v) is 10.1. The van der Waals surface area contributed by atoms with Gasteiger partial charge in [0.1, 0.15) is 5.78 Å². The highest BCUT2D eigenvalue weighted by molar-refractivity contribution is 5.82. The SMILES string of the molecule is [C-]#[N+]c1ccc(C)cc1CC(=O)CC(C)C. The van der Waals surface area contributed by atoms with E-state index in [0.717, 1.165) is 11.1 Å². The van der Waals surface area contributed by atoms with E-state index in [0.29, 0.717) is 24.4 Å². The summed E-state index contributed by atoms with van der Waals surface area (Å²) >= 11 is 0. The van der Waals surface area contributed by atoms with E-state index < -0.39 is 0 Å². The number of Topliss-reactive ketones (excluding diaryl/α,β-unsaturated/α-hetero) is 1. The normalized spacial score (nSPS) is 10.2. The van der Waals surface area contributed by atoms with Gasteiger partial charge in [-0.2, -0.15) is 0 Å². The van der Waals surface area contributed by atoms with Crippen LogP contribution in [0.1, 0.15) is 31.4 Å². The molecule has 2 nitrogen and oxygen atoms in total. The van der Waals surface area contributed by atoms with Gasteiger partial charge in [-0.05, 0) is 18.4 Å². The van der Waals surface area contributed by atoms with Gasteiger partial charge in [-0.3, -0.25) is 4.79 Å². The minimum Gasteiger partial charge on any atom is -0.299 e. The Labute approximate surface area is 97.1 Å². The molecule has 84 valence electrons. The summed E-state index contributed by atoms with van der Waals surface area (Å²) < 4.78 is 0. The summed E-state index contributed by atoms with van der Waals surface area (Å²) in [5.41, 5.74) is 2.56. The van der Waals surface area contributed by atoms with E-state index in [1.807, 2.05) is 32.9 Å². The molecule has 0 spiro atoms. The van der Waals surface area contributed by atoms with Gasteiger partial charge in [-0.15, -0.1) is 0 Å². The molecule has 0 N–H and O–H groups in total. The predicted octanol–water partition coefficient (Wildman–Crippen LogP) is 3.70. The molecule has 1 rings (SSSR count). The molecule has 0 atom stereocenters. The molecule has 0 radical (unpaired) electrons. The van der Waals surface area contributed by atoms with Gasteiger partial charge in [0, 0.05) is 12.8 Å². The average Bonchev–Trinajstić information content (AvgIpc) is 2.16. The number of benzene rings is 1. The predicted molar refractivity (Wildman–Crippen MR) is 65.6 cm³/mol. The van der Waals surface area contributed by atoms with Gasteiger partial charge in [-0.1, -0.05) is 37.6 Å². The van der Waals surface area contributed by atoms with Crippen molar-refractivity contribution in [3.63, 3.8) is 0 Å². The third kappa shape index (κ3) is 3.51. The number of hydrogen-bond donors (Lipinski definition) is 0. The van der Waals surface area contributed by atoms with Gasteiger partial charge < -0.3 is 0 Å². The second-order valence-electron chi connectivity index (χ2n) is 4.56. The molecule has 1 aromatic rings. The van der Waals surface area contributed by atoms with Gasteiger partial charge in [0.05, 0.1) is 6.57 Å². The molecule has 0 unspecified atom stereocenters. The number of carbonyl (C=O) groups excluding carboxylic acids is 1. The molecular weight excluding hydrogens is 198 g/mol. The van der Waals surface area contributed by atoms with Gasteiger partial charge >= 0.3 is 0 Å². The summed E-state index contributed by atoms with van der Waals surface area (Å²) in [6.45, 7) is 13.1. The fourth-order valence-electron chi connectivity index (χ4n) is 1.70. The van der Waals surface area contributed by atoms with Crippen molar-refractivity contribution in [3.05, 3.63) is 40.7 Å². The average molecular weight is 215 g/mol. The van der Waals surface area contributed by atoms with E-state index in [1.165, 1.54) is 0 Å². The number of hydrogen-bond acceptors (Lipinski definition) is 1. The van der Waals surface area contributed by atoms with Gasteiger partial charge in [0.2, 0.25) is 0 Å². The smallest absolute Gasteiger partial charge is 0.190 e. The minimum absolute atomic E-state index is 0.213. The number of ketones is 1. The monoisotopic (exact) mass is 215 g/mol. The third-order valence-electron chi connectivity index (χ3n) is 2.38. The van der Waals surface area contributed by atoms with Crippen LogP contribution in [-0.2, 0) is 11.2 Å². The van der Waals surface area contributed by atoms with Crippen LogP contribution >= 0.6 is 0 Å². The molecule has 0 bridgehead atoms. The molecule has 1 aromatic carbocycles. The first-order valence-electron chi connectivity index (χ1n) is 5.51. The Morgan fingerprint density at radius 1 is 1.44 bits per heavy atom. The van der Waals surface area contributed by atoms with E-state index in [1.54, 1.807) is 6.07 Å². The Kier molecular flexibility index (Phi) is 4.25. The zero-order chi connectivity index (χ0) is 12.1. The highest BCUT2D eigenvalue weighted by Gasteiger charge is 2.09. The van der Waals surface area contributed by atoms with Crippen LogP contribution in [0.4, 0.5) is 5.69 Å². The molecule has 0 amide bonds. The molecule has 2 heteroatoms.